The third-order valence-electron chi connectivity index (χ3n) is 7.51. The van der Waals surface area contributed by atoms with Crippen molar-refractivity contribution in [2.45, 2.75) is 44.8 Å². The van der Waals surface area contributed by atoms with E-state index in [-0.39, 0.29) is 5.41 Å². The lowest BCUT2D eigenvalue weighted by atomic mass is 9.93. The van der Waals surface area contributed by atoms with Crippen LogP contribution in [0.25, 0.3) is 26.6 Å². The lowest BCUT2D eigenvalue weighted by Gasteiger charge is -2.26. The number of carbonyl (C=O) groups excluding carboxylic acids is 1. The number of ether oxygens (including phenoxy) is 2. The number of carbonyl (C=O) groups is 1. The molecule has 2 atom stereocenters. The van der Waals surface area contributed by atoms with Crippen molar-refractivity contribution in [1.82, 2.24) is 24.4 Å². The number of hydrogen-bond donors (Lipinski definition) is 2. The molecule has 0 spiro atoms. The van der Waals surface area contributed by atoms with E-state index >= 15 is 0 Å². The van der Waals surface area contributed by atoms with Crippen LogP contribution in [-0.4, -0.2) is 68.9 Å². The van der Waals surface area contributed by atoms with Gasteiger partial charge in [0, 0.05) is 54.1 Å². The van der Waals surface area contributed by atoms with Gasteiger partial charge >= 0.3 is 6.03 Å². The van der Waals surface area contributed by atoms with E-state index in [9.17, 15) is 4.79 Å². The Bertz CT molecular complexity index is 1720. The van der Waals surface area contributed by atoms with Crippen LogP contribution in [0.2, 0.25) is 0 Å². The minimum Gasteiger partial charge on any atom is -0.476 e. The average molecular weight is 574 g/mol. The first-order chi connectivity index (χ1) is 19.8. The summed E-state index contributed by atoms with van der Waals surface area (Å²) in [6.45, 7) is 9.40. The first-order valence-electron chi connectivity index (χ1n) is 13.7. The summed E-state index contributed by atoms with van der Waals surface area (Å²) >= 11 is 1.53. The predicted octanol–water partition coefficient (Wildman–Crippen LogP) is 5.39. The Labute approximate surface area is 240 Å². The molecular formula is C29H31N7O4S. The smallest absolute Gasteiger partial charge is 0.324 e. The van der Waals surface area contributed by atoms with Gasteiger partial charge < -0.3 is 19.3 Å². The standard InChI is InChI=1S/C29H31N7O4S/c1-29(2,3)23-13-24(34-40-23)32-27(37)30-18-6-4-17(5-7-18)21-15-36-22-8-9-25(33-26(22)41-28(36)31-21)38-11-10-35-14-20-12-19(35)16-39-20/h4-9,13,15,19-20H,10-12,14,16H2,1-3H3,(H2,30,32,34,37)/t19-,20+/m1/s1. The Morgan fingerprint density at radius 2 is 2.00 bits per heavy atom. The minimum atomic E-state index is -0.394. The molecule has 2 saturated heterocycles. The maximum Gasteiger partial charge on any atom is 0.324 e. The van der Waals surface area contributed by atoms with E-state index in [2.05, 4.69) is 25.1 Å². The molecule has 6 heterocycles. The van der Waals surface area contributed by atoms with Crippen molar-refractivity contribution >= 4 is 44.2 Å². The molecule has 0 unspecified atom stereocenters. The molecule has 12 heteroatoms. The molecular weight excluding hydrogens is 542 g/mol. The summed E-state index contributed by atoms with van der Waals surface area (Å²) in [4.78, 5) is 26.2. The van der Waals surface area contributed by atoms with Crippen molar-refractivity contribution in [3.05, 3.63) is 54.4 Å². The number of nitrogens with zero attached hydrogens (tertiary/aromatic N) is 5. The number of benzene rings is 1. The van der Waals surface area contributed by atoms with Crippen LogP contribution in [0, 0.1) is 0 Å². The normalized spacial score (nSPS) is 18.9. The third-order valence-corrected chi connectivity index (χ3v) is 8.47. The number of rotatable bonds is 7. The van der Waals surface area contributed by atoms with Gasteiger partial charge in [-0.3, -0.25) is 14.6 Å². The Morgan fingerprint density at radius 3 is 2.73 bits per heavy atom. The highest BCUT2D eigenvalue weighted by Crippen LogP contribution is 2.31. The molecule has 2 N–H and O–H groups in total. The zero-order chi connectivity index (χ0) is 28.1. The van der Waals surface area contributed by atoms with Crippen LogP contribution in [0.3, 0.4) is 0 Å². The van der Waals surface area contributed by atoms with E-state index < -0.39 is 6.03 Å². The van der Waals surface area contributed by atoms with Gasteiger partial charge in [-0.05, 0) is 24.6 Å². The fourth-order valence-corrected chi connectivity index (χ4v) is 6.27. The first kappa shape index (κ1) is 25.9. The quantitative estimate of drug-likeness (QED) is 0.266. The van der Waals surface area contributed by atoms with Gasteiger partial charge in [0.15, 0.2) is 10.8 Å². The van der Waals surface area contributed by atoms with Gasteiger partial charge in [0.1, 0.15) is 17.2 Å². The summed E-state index contributed by atoms with van der Waals surface area (Å²) in [5.41, 5.74) is 3.24. The lowest BCUT2D eigenvalue weighted by Crippen LogP contribution is -2.39. The van der Waals surface area contributed by atoms with E-state index in [0.29, 0.717) is 41.9 Å². The molecule has 7 rings (SSSR count). The zero-order valence-corrected chi connectivity index (χ0v) is 23.9. The van der Waals surface area contributed by atoms with Gasteiger partial charge in [0.05, 0.1) is 23.9 Å². The topological polar surface area (TPSA) is 119 Å². The van der Waals surface area contributed by atoms with Crippen LogP contribution in [0.5, 0.6) is 5.88 Å². The Kier molecular flexibility index (Phi) is 6.40. The summed E-state index contributed by atoms with van der Waals surface area (Å²) < 4.78 is 19.0. The average Bonchev–Trinajstić information content (AvgIpc) is 3.75. The molecule has 2 fully saturated rings. The molecule has 2 aliphatic heterocycles. The monoisotopic (exact) mass is 573 g/mol. The summed E-state index contributed by atoms with van der Waals surface area (Å²) in [6.07, 6.45) is 3.55. The van der Waals surface area contributed by atoms with Crippen LogP contribution in [-0.2, 0) is 10.2 Å². The highest BCUT2D eigenvalue weighted by Gasteiger charge is 2.38. The van der Waals surface area contributed by atoms with E-state index in [1.807, 2.05) is 63.4 Å². The SMILES string of the molecule is CC(C)(C)c1cc(NC(=O)Nc2ccc(-c3cn4c(n3)sc3nc(OCCN5C[C@@H]6C[C@@H]5CO6)ccc34)cc2)no1. The van der Waals surface area contributed by atoms with Gasteiger partial charge in [0.25, 0.3) is 0 Å². The number of imidazole rings is 1. The largest absolute Gasteiger partial charge is 0.476 e. The van der Waals surface area contributed by atoms with E-state index in [1.54, 1.807) is 6.07 Å². The number of amides is 2. The van der Waals surface area contributed by atoms with Crippen LogP contribution < -0.4 is 15.4 Å². The number of pyridine rings is 1. The van der Waals surface area contributed by atoms with Crippen molar-refractivity contribution in [3.8, 4) is 17.1 Å². The Hall–Kier alpha value is -4.00. The van der Waals surface area contributed by atoms with Crippen LogP contribution >= 0.6 is 11.3 Å². The van der Waals surface area contributed by atoms with Gasteiger partial charge in [-0.2, -0.15) is 0 Å². The molecule has 0 radical (unpaired) electrons. The first-order valence-corrected chi connectivity index (χ1v) is 14.5. The van der Waals surface area contributed by atoms with E-state index in [0.717, 1.165) is 52.7 Å². The number of hydrogen-bond acceptors (Lipinski definition) is 9. The number of morpholine rings is 1. The molecule has 0 saturated carbocycles. The van der Waals surface area contributed by atoms with Crippen molar-refractivity contribution in [1.29, 1.82) is 0 Å². The van der Waals surface area contributed by atoms with Crippen molar-refractivity contribution in [2.24, 2.45) is 0 Å². The Morgan fingerprint density at radius 1 is 1.15 bits per heavy atom. The molecule has 11 nitrogen and oxygen atoms in total. The van der Waals surface area contributed by atoms with Crippen LogP contribution in [0.15, 0.2) is 53.2 Å². The molecule has 41 heavy (non-hydrogen) atoms. The number of aromatic nitrogens is 4. The van der Waals surface area contributed by atoms with Crippen molar-refractivity contribution in [3.63, 3.8) is 0 Å². The number of nitrogens with one attached hydrogen (secondary N) is 2. The number of urea groups is 1. The van der Waals surface area contributed by atoms with Crippen molar-refractivity contribution in [2.75, 3.05) is 36.9 Å². The summed E-state index contributed by atoms with van der Waals surface area (Å²) in [6, 6.07) is 13.4. The number of anilines is 2. The highest BCUT2D eigenvalue weighted by molar-refractivity contribution is 7.23. The second-order valence-corrected chi connectivity index (χ2v) is 12.5. The fourth-order valence-electron chi connectivity index (χ4n) is 5.30. The second kappa shape index (κ2) is 10.1. The van der Waals surface area contributed by atoms with Crippen LogP contribution in [0.4, 0.5) is 16.3 Å². The van der Waals surface area contributed by atoms with Gasteiger partial charge in [-0.1, -0.05) is 49.4 Å². The van der Waals surface area contributed by atoms with Gasteiger partial charge in [0.2, 0.25) is 5.88 Å². The molecule has 2 bridgehead atoms. The summed E-state index contributed by atoms with van der Waals surface area (Å²) in [7, 11) is 0. The van der Waals surface area contributed by atoms with E-state index in [1.165, 1.54) is 11.3 Å². The lowest BCUT2D eigenvalue weighted by molar-refractivity contribution is 0.0256. The zero-order valence-electron chi connectivity index (χ0n) is 23.1. The molecule has 4 aromatic heterocycles. The van der Waals surface area contributed by atoms with Gasteiger partial charge in [-0.25, -0.2) is 14.8 Å². The van der Waals surface area contributed by atoms with E-state index in [4.69, 9.17) is 24.0 Å². The molecule has 2 aliphatic rings. The highest BCUT2D eigenvalue weighted by atomic mass is 32.1. The minimum absolute atomic E-state index is 0.190. The molecule has 212 valence electrons. The maximum atomic E-state index is 12.4. The second-order valence-electron chi connectivity index (χ2n) is 11.5. The molecule has 2 amide bonds. The summed E-state index contributed by atoms with van der Waals surface area (Å²) in [5, 5.41) is 9.45. The predicted molar refractivity (Wildman–Crippen MR) is 157 cm³/mol. The molecule has 5 aromatic rings. The summed E-state index contributed by atoms with van der Waals surface area (Å²) in [5.74, 6) is 1.70. The molecule has 1 aromatic carbocycles. The maximum absolute atomic E-state index is 12.4. The number of likely N-dealkylation sites (tertiary alicyclic amines) is 1. The van der Waals surface area contributed by atoms with Gasteiger partial charge in [-0.15, -0.1) is 0 Å². The van der Waals surface area contributed by atoms with Crippen LogP contribution in [0.1, 0.15) is 33.0 Å². The third kappa shape index (κ3) is 5.25. The molecule has 0 aliphatic carbocycles. The van der Waals surface area contributed by atoms with Crippen molar-refractivity contribution < 1.29 is 18.8 Å². The number of thiazole rings is 1. The fraction of sp³-hybridized carbons (Fsp3) is 0.379. The Balaban J connectivity index is 0.978. The number of fused-ring (bicyclic) bond motifs is 5.